The molecule has 2 heteroatoms. The third kappa shape index (κ3) is 4.33. The Hall–Kier alpha value is -2.48. The third-order valence-corrected chi connectivity index (χ3v) is 4.58. The lowest BCUT2D eigenvalue weighted by Gasteiger charge is -2.18. The molecule has 130 valence electrons. The highest BCUT2D eigenvalue weighted by molar-refractivity contribution is 5.81. The summed E-state index contributed by atoms with van der Waals surface area (Å²) < 4.78 is 5.56. The van der Waals surface area contributed by atoms with Crippen molar-refractivity contribution in [1.82, 2.24) is 0 Å². The Morgan fingerprint density at radius 3 is 2.12 bits per heavy atom. The molecule has 0 spiro atoms. The Balaban J connectivity index is 1.87. The molecule has 0 radical (unpaired) electrons. The number of rotatable bonds is 6. The summed E-state index contributed by atoms with van der Waals surface area (Å²) in [5.74, 6) is 0.918. The van der Waals surface area contributed by atoms with Crippen molar-refractivity contribution in [3.05, 3.63) is 77.9 Å². The van der Waals surface area contributed by atoms with Crippen LogP contribution in [-0.4, -0.2) is 19.7 Å². The van der Waals surface area contributed by atoms with Gasteiger partial charge in [-0.1, -0.05) is 42.5 Å². The summed E-state index contributed by atoms with van der Waals surface area (Å²) in [5.41, 5.74) is 5.01. The van der Waals surface area contributed by atoms with E-state index in [-0.39, 0.29) is 0 Å². The molecule has 2 aromatic carbocycles. The molecule has 0 amide bonds. The molecule has 0 N–H and O–H groups in total. The molecule has 1 heterocycles. The first-order valence-electron chi connectivity index (χ1n) is 9.23. The monoisotopic (exact) mass is 333 g/mol. The molecule has 1 aliphatic rings. The van der Waals surface area contributed by atoms with Crippen LogP contribution >= 0.6 is 0 Å². The van der Waals surface area contributed by atoms with Gasteiger partial charge in [-0.05, 0) is 67.7 Å². The van der Waals surface area contributed by atoms with Crippen LogP contribution in [0, 0.1) is 0 Å². The average molecular weight is 333 g/mol. The van der Waals surface area contributed by atoms with E-state index in [4.69, 9.17) is 4.74 Å². The molecule has 0 saturated carbocycles. The molecule has 1 fully saturated rings. The fourth-order valence-corrected chi connectivity index (χ4v) is 3.28. The molecule has 2 nitrogen and oxygen atoms in total. The smallest absolute Gasteiger partial charge is 0.119 e. The van der Waals surface area contributed by atoms with Crippen molar-refractivity contribution in [2.24, 2.45) is 0 Å². The fourth-order valence-electron chi connectivity index (χ4n) is 3.28. The van der Waals surface area contributed by atoms with Crippen LogP contribution in [0.25, 0.3) is 5.57 Å². The second kappa shape index (κ2) is 8.57. The van der Waals surface area contributed by atoms with E-state index in [9.17, 15) is 0 Å². The number of hydrogen-bond acceptors (Lipinski definition) is 2. The Labute approximate surface area is 151 Å². The van der Waals surface area contributed by atoms with Crippen molar-refractivity contribution in [1.29, 1.82) is 0 Å². The summed E-state index contributed by atoms with van der Waals surface area (Å²) in [6.45, 7) is 7.10. The topological polar surface area (TPSA) is 12.5 Å². The van der Waals surface area contributed by atoms with Crippen LogP contribution in [0.5, 0.6) is 5.75 Å². The number of anilines is 1. The van der Waals surface area contributed by atoms with Crippen LogP contribution in [0.3, 0.4) is 0 Å². The molecule has 1 saturated heterocycles. The van der Waals surface area contributed by atoms with Crippen molar-refractivity contribution < 1.29 is 4.74 Å². The average Bonchev–Trinajstić information content (AvgIpc) is 3.19. The summed E-state index contributed by atoms with van der Waals surface area (Å²) in [7, 11) is 0. The molecule has 3 rings (SSSR count). The first-order chi connectivity index (χ1) is 12.3. The van der Waals surface area contributed by atoms with Crippen LogP contribution in [0.15, 0.2) is 66.8 Å². The normalized spacial score (nSPS) is 15.1. The van der Waals surface area contributed by atoms with E-state index in [2.05, 4.69) is 59.5 Å². The van der Waals surface area contributed by atoms with Gasteiger partial charge >= 0.3 is 0 Å². The minimum absolute atomic E-state index is 0.693. The van der Waals surface area contributed by atoms with Gasteiger partial charge in [0.25, 0.3) is 0 Å². The SMILES string of the molecule is CC=CC=C(c1ccc(OCC)cc1)c1ccc(N2CCCC2)cc1. The van der Waals surface area contributed by atoms with E-state index in [0.29, 0.717) is 6.61 Å². The summed E-state index contributed by atoms with van der Waals surface area (Å²) in [4.78, 5) is 2.47. The maximum Gasteiger partial charge on any atom is 0.119 e. The molecule has 0 unspecified atom stereocenters. The number of allylic oxidation sites excluding steroid dienone is 3. The van der Waals surface area contributed by atoms with Crippen LogP contribution in [0.2, 0.25) is 0 Å². The largest absolute Gasteiger partial charge is 0.494 e. The van der Waals surface area contributed by atoms with Crippen molar-refractivity contribution in [2.75, 3.05) is 24.6 Å². The standard InChI is InChI=1S/C23H27NO/c1-3-5-8-23(20-11-15-22(16-12-20)25-4-2)19-9-13-21(14-10-19)24-17-6-7-18-24/h3,5,8-16H,4,6-7,17-18H2,1-2H3. The van der Waals surface area contributed by atoms with Crippen LogP contribution < -0.4 is 9.64 Å². The van der Waals surface area contributed by atoms with E-state index < -0.39 is 0 Å². The number of benzene rings is 2. The second-order valence-corrected chi connectivity index (χ2v) is 6.30. The van der Waals surface area contributed by atoms with Crippen molar-refractivity contribution in [2.45, 2.75) is 26.7 Å². The first kappa shape index (κ1) is 17.3. The Morgan fingerprint density at radius 2 is 1.56 bits per heavy atom. The van der Waals surface area contributed by atoms with Gasteiger partial charge in [-0.25, -0.2) is 0 Å². The predicted octanol–water partition coefficient (Wildman–Crippen LogP) is 5.69. The summed E-state index contributed by atoms with van der Waals surface area (Å²) in [5, 5.41) is 0. The van der Waals surface area contributed by atoms with Gasteiger partial charge in [-0.3, -0.25) is 0 Å². The Morgan fingerprint density at radius 1 is 0.960 bits per heavy atom. The quantitative estimate of drug-likeness (QED) is 0.629. The molecule has 0 bridgehead atoms. The van der Waals surface area contributed by atoms with Crippen LogP contribution in [-0.2, 0) is 0 Å². The summed E-state index contributed by atoms with van der Waals surface area (Å²) >= 11 is 0. The van der Waals surface area contributed by atoms with Gasteiger partial charge < -0.3 is 9.64 Å². The number of hydrogen-bond donors (Lipinski definition) is 0. The second-order valence-electron chi connectivity index (χ2n) is 6.30. The van der Waals surface area contributed by atoms with Gasteiger partial charge in [0.05, 0.1) is 6.61 Å². The molecule has 0 atom stereocenters. The minimum Gasteiger partial charge on any atom is -0.494 e. The van der Waals surface area contributed by atoms with Gasteiger partial charge in [-0.2, -0.15) is 0 Å². The van der Waals surface area contributed by atoms with E-state index in [0.717, 1.165) is 5.75 Å². The zero-order chi connectivity index (χ0) is 17.5. The van der Waals surface area contributed by atoms with E-state index in [1.54, 1.807) is 0 Å². The number of nitrogens with zero attached hydrogens (tertiary/aromatic N) is 1. The van der Waals surface area contributed by atoms with Crippen LogP contribution in [0.1, 0.15) is 37.8 Å². The Kier molecular flexibility index (Phi) is 5.95. The molecule has 2 aromatic rings. The molecule has 0 aliphatic carbocycles. The van der Waals surface area contributed by atoms with E-state index in [1.807, 2.05) is 26.0 Å². The lowest BCUT2D eigenvalue weighted by atomic mass is 9.97. The Bertz CT molecular complexity index is 720. The fraction of sp³-hybridized carbons (Fsp3) is 0.304. The predicted molar refractivity (Wildman–Crippen MR) is 107 cm³/mol. The van der Waals surface area contributed by atoms with Gasteiger partial charge in [0, 0.05) is 18.8 Å². The molecule has 0 aromatic heterocycles. The van der Waals surface area contributed by atoms with Crippen molar-refractivity contribution in [3.63, 3.8) is 0 Å². The van der Waals surface area contributed by atoms with E-state index in [1.165, 1.54) is 48.3 Å². The molecular formula is C23H27NO. The molecular weight excluding hydrogens is 306 g/mol. The maximum atomic E-state index is 5.56. The number of ether oxygens (including phenoxy) is 1. The lowest BCUT2D eigenvalue weighted by Crippen LogP contribution is -2.17. The zero-order valence-corrected chi connectivity index (χ0v) is 15.2. The summed E-state index contributed by atoms with van der Waals surface area (Å²) in [6, 6.07) is 17.3. The maximum absolute atomic E-state index is 5.56. The van der Waals surface area contributed by atoms with Crippen molar-refractivity contribution >= 4 is 11.3 Å². The molecule has 25 heavy (non-hydrogen) atoms. The zero-order valence-electron chi connectivity index (χ0n) is 15.2. The van der Waals surface area contributed by atoms with Crippen LogP contribution in [0.4, 0.5) is 5.69 Å². The van der Waals surface area contributed by atoms with Gasteiger partial charge in [0.1, 0.15) is 5.75 Å². The highest BCUT2D eigenvalue weighted by atomic mass is 16.5. The van der Waals surface area contributed by atoms with Gasteiger partial charge in [0.15, 0.2) is 0 Å². The highest BCUT2D eigenvalue weighted by Crippen LogP contribution is 2.28. The van der Waals surface area contributed by atoms with Gasteiger partial charge in [0.2, 0.25) is 0 Å². The summed E-state index contributed by atoms with van der Waals surface area (Å²) in [6.07, 6.45) is 8.95. The van der Waals surface area contributed by atoms with E-state index >= 15 is 0 Å². The van der Waals surface area contributed by atoms with Crippen molar-refractivity contribution in [3.8, 4) is 5.75 Å². The first-order valence-corrected chi connectivity index (χ1v) is 9.23. The van der Waals surface area contributed by atoms with Gasteiger partial charge in [-0.15, -0.1) is 0 Å². The molecule has 1 aliphatic heterocycles. The lowest BCUT2D eigenvalue weighted by molar-refractivity contribution is 0.340. The third-order valence-electron chi connectivity index (χ3n) is 4.58. The highest BCUT2D eigenvalue weighted by Gasteiger charge is 2.12. The minimum atomic E-state index is 0.693.